The first kappa shape index (κ1) is 24.1. The van der Waals surface area contributed by atoms with E-state index in [1.165, 1.54) is 23.6 Å². The van der Waals surface area contributed by atoms with Gasteiger partial charge in [-0.1, -0.05) is 85.5 Å². The summed E-state index contributed by atoms with van der Waals surface area (Å²) in [6.45, 7) is 6.61. The number of carboxylic acids is 1. The zero-order valence-corrected chi connectivity index (χ0v) is 20.0. The van der Waals surface area contributed by atoms with Crippen molar-refractivity contribution in [3.05, 3.63) is 138 Å². The van der Waals surface area contributed by atoms with Crippen LogP contribution >= 0.6 is 0 Å². The Bertz CT molecular complexity index is 1170. The van der Waals surface area contributed by atoms with Crippen molar-refractivity contribution >= 4 is 5.97 Å². The zero-order chi connectivity index (χ0) is 24.6. The quantitative estimate of drug-likeness (QED) is 0.368. The summed E-state index contributed by atoms with van der Waals surface area (Å²) in [4.78, 5) is 13.3. The summed E-state index contributed by atoms with van der Waals surface area (Å²) in [6, 6.07) is 28.8. The van der Waals surface area contributed by atoms with Gasteiger partial charge in [-0.2, -0.15) is 0 Å². The van der Waals surface area contributed by atoms with Crippen molar-refractivity contribution < 1.29 is 14.6 Å². The van der Waals surface area contributed by atoms with E-state index in [2.05, 4.69) is 78.4 Å². The van der Waals surface area contributed by atoms with Crippen LogP contribution in [0.25, 0.3) is 0 Å². The van der Waals surface area contributed by atoms with Crippen LogP contribution in [0.1, 0.15) is 36.0 Å². The lowest BCUT2D eigenvalue weighted by atomic mass is 9.84. The van der Waals surface area contributed by atoms with Crippen molar-refractivity contribution in [2.24, 2.45) is 0 Å². The van der Waals surface area contributed by atoms with Crippen LogP contribution < -0.4 is 4.74 Å². The van der Waals surface area contributed by atoms with Gasteiger partial charge in [-0.25, -0.2) is 4.79 Å². The minimum absolute atomic E-state index is 0.148. The molecule has 1 atom stereocenters. The molecule has 1 unspecified atom stereocenters. The van der Waals surface area contributed by atoms with Gasteiger partial charge in [-0.15, -0.1) is 0 Å². The lowest BCUT2D eigenvalue weighted by Crippen LogP contribution is -2.23. The van der Waals surface area contributed by atoms with Crippen LogP contribution in [0.4, 0.5) is 0 Å². The van der Waals surface area contributed by atoms with Gasteiger partial charge in [0.15, 0.2) is 6.10 Å². The maximum atomic E-state index is 11.1. The molecule has 0 saturated carbocycles. The minimum Gasteiger partial charge on any atom is -0.479 e. The highest BCUT2D eigenvalue weighted by atomic mass is 16.5. The second-order valence-electron chi connectivity index (χ2n) is 8.75. The molecule has 0 bridgehead atoms. The Labute approximate surface area is 207 Å². The Morgan fingerprint density at radius 3 is 2.23 bits per heavy atom. The molecule has 1 N–H and O–H groups in total. The van der Waals surface area contributed by atoms with E-state index in [-0.39, 0.29) is 5.92 Å². The van der Waals surface area contributed by atoms with Crippen molar-refractivity contribution in [1.82, 2.24) is 4.90 Å². The van der Waals surface area contributed by atoms with Gasteiger partial charge in [0.2, 0.25) is 0 Å². The van der Waals surface area contributed by atoms with Crippen LogP contribution in [-0.4, -0.2) is 28.6 Å². The Morgan fingerprint density at radius 1 is 0.943 bits per heavy atom. The molecule has 178 valence electrons. The molecule has 35 heavy (non-hydrogen) atoms. The number of aryl methyl sites for hydroxylation is 1. The van der Waals surface area contributed by atoms with Gasteiger partial charge < -0.3 is 14.7 Å². The highest BCUT2D eigenvalue weighted by Crippen LogP contribution is 2.35. The van der Waals surface area contributed by atoms with Gasteiger partial charge in [-0.3, -0.25) is 0 Å². The predicted octanol–water partition coefficient (Wildman–Crippen LogP) is 6.57. The van der Waals surface area contributed by atoms with E-state index in [9.17, 15) is 4.79 Å². The standard InChI is InChI=1S/C31H31NO3/c1-23-18-19-28(30(26-13-5-3-6-14-26)27-15-7-4-8-16-27)22-32(23)20-10-12-25-11-9-17-29(21-25)35-24(2)31(33)34/h3-9,11,13-19,21-22,24,30H,1,10,12,20H2,2H3,(H,33,34). The number of rotatable bonds is 10. The highest BCUT2D eigenvalue weighted by Gasteiger charge is 2.21. The van der Waals surface area contributed by atoms with Gasteiger partial charge >= 0.3 is 5.97 Å². The van der Waals surface area contributed by atoms with Gasteiger partial charge in [0, 0.05) is 24.4 Å². The molecule has 4 rings (SSSR count). The van der Waals surface area contributed by atoms with Gasteiger partial charge in [0.25, 0.3) is 0 Å². The summed E-state index contributed by atoms with van der Waals surface area (Å²) in [5, 5.41) is 9.08. The Balaban J connectivity index is 1.47. The summed E-state index contributed by atoms with van der Waals surface area (Å²) in [6.07, 6.45) is 7.40. The van der Waals surface area contributed by atoms with Crippen LogP contribution in [0, 0.1) is 0 Å². The summed E-state index contributed by atoms with van der Waals surface area (Å²) < 4.78 is 5.51. The lowest BCUT2D eigenvalue weighted by molar-refractivity contribution is -0.144. The van der Waals surface area contributed by atoms with Crippen LogP contribution in [0.3, 0.4) is 0 Å². The third-order valence-corrected chi connectivity index (χ3v) is 6.16. The van der Waals surface area contributed by atoms with Gasteiger partial charge in [0.1, 0.15) is 5.75 Å². The number of allylic oxidation sites excluding steroid dienone is 3. The number of carbonyl (C=O) groups is 1. The first-order valence-corrected chi connectivity index (χ1v) is 11.9. The smallest absolute Gasteiger partial charge is 0.344 e. The molecule has 0 radical (unpaired) electrons. The number of carboxylic acid groups (broad SMARTS) is 1. The third kappa shape index (κ3) is 6.30. The lowest BCUT2D eigenvalue weighted by Gasteiger charge is -2.29. The van der Waals surface area contributed by atoms with E-state index in [0.29, 0.717) is 5.75 Å². The number of hydrogen-bond acceptors (Lipinski definition) is 3. The van der Waals surface area contributed by atoms with E-state index in [0.717, 1.165) is 30.6 Å². The monoisotopic (exact) mass is 465 g/mol. The molecule has 1 aliphatic rings. The van der Waals surface area contributed by atoms with Crippen molar-refractivity contribution in [3.8, 4) is 5.75 Å². The number of benzene rings is 3. The maximum Gasteiger partial charge on any atom is 0.344 e. The number of nitrogens with zero attached hydrogens (tertiary/aromatic N) is 1. The Kier molecular flexibility index (Phi) is 7.84. The number of aliphatic carboxylic acids is 1. The van der Waals surface area contributed by atoms with Crippen molar-refractivity contribution in [3.63, 3.8) is 0 Å². The molecular formula is C31H31NO3. The largest absolute Gasteiger partial charge is 0.479 e. The van der Waals surface area contributed by atoms with E-state index in [1.54, 1.807) is 6.07 Å². The molecule has 0 aliphatic carbocycles. The topological polar surface area (TPSA) is 49.8 Å². The molecule has 0 fully saturated rings. The highest BCUT2D eigenvalue weighted by molar-refractivity contribution is 5.72. The van der Waals surface area contributed by atoms with Crippen LogP contribution in [0.2, 0.25) is 0 Å². The first-order chi connectivity index (χ1) is 17.0. The summed E-state index contributed by atoms with van der Waals surface area (Å²) in [5.74, 6) is -0.244. The molecule has 0 amide bonds. The molecule has 4 heteroatoms. The third-order valence-electron chi connectivity index (χ3n) is 6.16. The number of hydrogen-bond donors (Lipinski definition) is 1. The second kappa shape index (κ2) is 11.4. The van der Waals surface area contributed by atoms with Crippen molar-refractivity contribution in [2.75, 3.05) is 6.54 Å². The molecule has 0 spiro atoms. The molecule has 0 saturated heterocycles. The molecule has 4 nitrogen and oxygen atoms in total. The minimum atomic E-state index is -0.973. The fraction of sp³-hybridized carbons (Fsp3) is 0.194. The van der Waals surface area contributed by atoms with Gasteiger partial charge in [0.05, 0.1) is 0 Å². The number of ether oxygens (including phenoxy) is 1. The molecule has 1 aliphatic heterocycles. The molecule has 1 heterocycles. The predicted molar refractivity (Wildman–Crippen MR) is 140 cm³/mol. The molecule has 0 aromatic heterocycles. The summed E-state index contributed by atoms with van der Waals surface area (Å²) in [7, 11) is 0. The van der Waals surface area contributed by atoms with E-state index in [4.69, 9.17) is 9.84 Å². The second-order valence-corrected chi connectivity index (χ2v) is 8.75. The van der Waals surface area contributed by atoms with E-state index < -0.39 is 12.1 Å². The Hall–Kier alpha value is -4.05. The maximum absolute atomic E-state index is 11.1. The fourth-order valence-corrected chi connectivity index (χ4v) is 4.32. The normalized spacial score (nSPS) is 14.1. The molecule has 3 aromatic carbocycles. The first-order valence-electron chi connectivity index (χ1n) is 11.9. The van der Waals surface area contributed by atoms with Crippen LogP contribution in [0.5, 0.6) is 5.75 Å². The zero-order valence-electron chi connectivity index (χ0n) is 20.0. The SMILES string of the molecule is C=C1C=CC(C(c2ccccc2)c2ccccc2)=CN1CCCc1cccc(OC(C)C(=O)O)c1. The van der Waals surface area contributed by atoms with Crippen LogP contribution in [0.15, 0.2) is 121 Å². The van der Waals surface area contributed by atoms with Crippen molar-refractivity contribution in [2.45, 2.75) is 31.8 Å². The molecule has 3 aromatic rings. The van der Waals surface area contributed by atoms with Crippen LogP contribution in [-0.2, 0) is 11.2 Å². The molecular weight excluding hydrogens is 434 g/mol. The average molecular weight is 466 g/mol. The summed E-state index contributed by atoms with van der Waals surface area (Å²) >= 11 is 0. The fourth-order valence-electron chi connectivity index (χ4n) is 4.32. The van der Waals surface area contributed by atoms with E-state index in [1.807, 2.05) is 30.3 Å². The van der Waals surface area contributed by atoms with Crippen molar-refractivity contribution in [1.29, 1.82) is 0 Å². The van der Waals surface area contributed by atoms with Gasteiger partial charge in [-0.05, 0) is 60.2 Å². The summed E-state index contributed by atoms with van der Waals surface area (Å²) in [5.41, 5.74) is 5.84. The Morgan fingerprint density at radius 2 is 1.60 bits per heavy atom. The van der Waals surface area contributed by atoms with E-state index >= 15 is 0 Å². The average Bonchev–Trinajstić information content (AvgIpc) is 2.87.